The highest BCUT2D eigenvalue weighted by molar-refractivity contribution is 5.82. The molecule has 0 amide bonds. The molecule has 0 heterocycles. The summed E-state index contributed by atoms with van der Waals surface area (Å²) in [6, 6.07) is 0. The molecule has 0 bridgehead atoms. The van der Waals surface area contributed by atoms with E-state index in [1.165, 1.54) is 0 Å². The molecular weight excluding hydrogens is 218 g/mol. The fourth-order valence-corrected chi connectivity index (χ4v) is 1.44. The predicted molar refractivity (Wildman–Crippen MR) is 70.4 cm³/mol. The van der Waals surface area contributed by atoms with E-state index in [9.17, 15) is 0 Å². The number of oxime groups is 1. The summed E-state index contributed by atoms with van der Waals surface area (Å²) in [7, 11) is 0. The first kappa shape index (κ1) is 16.2. The van der Waals surface area contributed by atoms with Gasteiger partial charge in [0.25, 0.3) is 0 Å². The number of hydrogen-bond donors (Lipinski definition) is 2. The predicted octanol–water partition coefficient (Wildman–Crippen LogP) is 1.51. The minimum atomic E-state index is -0.101. The molecule has 0 aromatic heterocycles. The van der Waals surface area contributed by atoms with Crippen LogP contribution in [0.4, 0.5) is 0 Å². The largest absolute Gasteiger partial charge is 0.409 e. The number of ether oxygens (including phenoxy) is 1. The molecule has 0 aromatic rings. The van der Waals surface area contributed by atoms with Crippen LogP contribution in [-0.2, 0) is 4.74 Å². The van der Waals surface area contributed by atoms with Gasteiger partial charge in [0, 0.05) is 19.0 Å². The Balaban J connectivity index is 4.00. The summed E-state index contributed by atoms with van der Waals surface area (Å²) in [5.41, 5.74) is 5.46. The maximum absolute atomic E-state index is 8.59. The van der Waals surface area contributed by atoms with Gasteiger partial charge in [-0.2, -0.15) is 0 Å². The molecule has 0 fully saturated rings. The Morgan fingerprint density at radius 3 is 2.47 bits per heavy atom. The minimum absolute atomic E-state index is 0.0505. The van der Waals surface area contributed by atoms with E-state index in [1.54, 1.807) is 0 Å². The van der Waals surface area contributed by atoms with Crippen molar-refractivity contribution in [3.05, 3.63) is 0 Å². The molecule has 1 unspecified atom stereocenters. The van der Waals surface area contributed by atoms with Gasteiger partial charge in [0.15, 0.2) is 0 Å². The molecule has 0 aromatic carbocycles. The maximum atomic E-state index is 8.59. The summed E-state index contributed by atoms with van der Waals surface area (Å²) in [5.74, 6) is 0.328. The Morgan fingerprint density at radius 2 is 2.06 bits per heavy atom. The van der Waals surface area contributed by atoms with Crippen molar-refractivity contribution in [3.8, 4) is 0 Å². The van der Waals surface area contributed by atoms with Gasteiger partial charge in [-0.15, -0.1) is 0 Å². The summed E-state index contributed by atoms with van der Waals surface area (Å²) in [4.78, 5) is 2.23. The molecule has 5 heteroatoms. The highest BCUT2D eigenvalue weighted by Gasteiger charge is 2.14. The van der Waals surface area contributed by atoms with E-state index in [4.69, 9.17) is 15.7 Å². The van der Waals surface area contributed by atoms with Crippen molar-refractivity contribution in [2.24, 2.45) is 16.8 Å². The highest BCUT2D eigenvalue weighted by atomic mass is 16.5. The SMILES string of the molecule is CCN(CCOC(C)(C)C)CC(C)C(N)=NO. The van der Waals surface area contributed by atoms with Crippen LogP contribution in [0.15, 0.2) is 5.16 Å². The van der Waals surface area contributed by atoms with E-state index >= 15 is 0 Å². The first-order valence-corrected chi connectivity index (χ1v) is 6.14. The smallest absolute Gasteiger partial charge is 0.143 e. The second kappa shape index (κ2) is 7.50. The Hall–Kier alpha value is -0.810. The van der Waals surface area contributed by atoms with Crippen molar-refractivity contribution >= 4 is 5.84 Å². The van der Waals surface area contributed by atoms with Gasteiger partial charge in [0.1, 0.15) is 5.84 Å². The van der Waals surface area contributed by atoms with Crippen LogP contribution in [0.1, 0.15) is 34.6 Å². The topological polar surface area (TPSA) is 71.1 Å². The lowest BCUT2D eigenvalue weighted by atomic mass is 10.1. The second-order valence-corrected chi connectivity index (χ2v) is 5.28. The van der Waals surface area contributed by atoms with Crippen LogP contribution < -0.4 is 5.73 Å². The molecular formula is C12H27N3O2. The third-order valence-electron chi connectivity index (χ3n) is 2.54. The van der Waals surface area contributed by atoms with Crippen molar-refractivity contribution in [2.75, 3.05) is 26.2 Å². The number of rotatable bonds is 7. The quantitative estimate of drug-likeness (QED) is 0.309. The molecule has 0 spiro atoms. The van der Waals surface area contributed by atoms with Crippen molar-refractivity contribution in [3.63, 3.8) is 0 Å². The van der Waals surface area contributed by atoms with E-state index < -0.39 is 0 Å². The summed E-state index contributed by atoms with van der Waals surface area (Å²) in [5, 5.41) is 11.6. The number of hydrogen-bond acceptors (Lipinski definition) is 4. The zero-order valence-corrected chi connectivity index (χ0v) is 11.7. The molecule has 0 saturated carbocycles. The zero-order chi connectivity index (χ0) is 13.5. The molecule has 0 aliphatic rings. The highest BCUT2D eigenvalue weighted by Crippen LogP contribution is 2.07. The number of nitrogens with zero attached hydrogens (tertiary/aromatic N) is 2. The van der Waals surface area contributed by atoms with Crippen molar-refractivity contribution in [2.45, 2.75) is 40.2 Å². The third kappa shape index (κ3) is 7.99. The monoisotopic (exact) mass is 245 g/mol. The molecule has 102 valence electrons. The zero-order valence-electron chi connectivity index (χ0n) is 11.7. The van der Waals surface area contributed by atoms with Crippen molar-refractivity contribution in [1.29, 1.82) is 0 Å². The van der Waals surface area contributed by atoms with Gasteiger partial charge in [-0.25, -0.2) is 0 Å². The lowest BCUT2D eigenvalue weighted by molar-refractivity contribution is -0.0131. The van der Waals surface area contributed by atoms with Gasteiger partial charge in [-0.3, -0.25) is 0 Å². The van der Waals surface area contributed by atoms with Gasteiger partial charge in [-0.1, -0.05) is 19.0 Å². The second-order valence-electron chi connectivity index (χ2n) is 5.28. The lowest BCUT2D eigenvalue weighted by Crippen LogP contribution is -2.37. The number of nitrogens with two attached hydrogens (primary N) is 1. The average molecular weight is 245 g/mol. The van der Waals surface area contributed by atoms with E-state index in [-0.39, 0.29) is 17.4 Å². The van der Waals surface area contributed by atoms with E-state index in [1.807, 2.05) is 27.7 Å². The first-order valence-electron chi connectivity index (χ1n) is 6.14. The van der Waals surface area contributed by atoms with Crippen LogP contribution in [0, 0.1) is 5.92 Å². The molecule has 17 heavy (non-hydrogen) atoms. The standard InChI is InChI=1S/C12H27N3O2/c1-6-15(7-8-17-12(3,4)5)9-10(2)11(13)14-16/h10,16H,6-9H2,1-5H3,(H2,13,14). The van der Waals surface area contributed by atoms with Crippen LogP contribution in [0.25, 0.3) is 0 Å². The fraction of sp³-hybridized carbons (Fsp3) is 0.917. The van der Waals surface area contributed by atoms with Crippen LogP contribution in [0.2, 0.25) is 0 Å². The van der Waals surface area contributed by atoms with Gasteiger partial charge in [0.2, 0.25) is 0 Å². The Kier molecular flexibility index (Phi) is 7.15. The molecule has 0 rings (SSSR count). The van der Waals surface area contributed by atoms with E-state index in [0.29, 0.717) is 6.61 Å². The van der Waals surface area contributed by atoms with Crippen molar-refractivity contribution in [1.82, 2.24) is 4.90 Å². The summed E-state index contributed by atoms with van der Waals surface area (Å²) in [6.07, 6.45) is 0. The van der Waals surface area contributed by atoms with E-state index in [0.717, 1.165) is 19.6 Å². The van der Waals surface area contributed by atoms with Gasteiger partial charge in [0.05, 0.1) is 12.2 Å². The normalized spacial score (nSPS) is 15.3. The lowest BCUT2D eigenvalue weighted by Gasteiger charge is -2.26. The molecule has 5 nitrogen and oxygen atoms in total. The van der Waals surface area contributed by atoms with Gasteiger partial charge in [-0.05, 0) is 27.3 Å². The Morgan fingerprint density at radius 1 is 1.47 bits per heavy atom. The summed E-state index contributed by atoms with van der Waals surface area (Å²) < 4.78 is 5.68. The molecule has 1 atom stereocenters. The van der Waals surface area contributed by atoms with Crippen LogP contribution in [0.5, 0.6) is 0 Å². The van der Waals surface area contributed by atoms with Gasteiger partial charge >= 0.3 is 0 Å². The molecule has 0 saturated heterocycles. The van der Waals surface area contributed by atoms with Crippen LogP contribution in [0.3, 0.4) is 0 Å². The molecule has 0 aliphatic carbocycles. The molecule has 0 aliphatic heterocycles. The average Bonchev–Trinajstić information content (AvgIpc) is 2.24. The summed E-state index contributed by atoms with van der Waals surface area (Å²) >= 11 is 0. The Labute approximate surface area is 105 Å². The fourth-order valence-electron chi connectivity index (χ4n) is 1.44. The van der Waals surface area contributed by atoms with Crippen LogP contribution in [-0.4, -0.2) is 47.8 Å². The Bertz CT molecular complexity index is 236. The number of likely N-dealkylation sites (N-methyl/N-ethyl adjacent to an activating group) is 1. The molecule has 3 N–H and O–H groups in total. The first-order chi connectivity index (χ1) is 7.80. The van der Waals surface area contributed by atoms with E-state index in [2.05, 4.69) is 17.0 Å². The van der Waals surface area contributed by atoms with Crippen LogP contribution >= 0.6 is 0 Å². The van der Waals surface area contributed by atoms with Crippen molar-refractivity contribution < 1.29 is 9.94 Å². The summed E-state index contributed by atoms with van der Waals surface area (Å²) in [6.45, 7) is 13.4. The minimum Gasteiger partial charge on any atom is -0.409 e. The third-order valence-corrected chi connectivity index (χ3v) is 2.54. The maximum Gasteiger partial charge on any atom is 0.143 e. The van der Waals surface area contributed by atoms with Gasteiger partial charge < -0.3 is 20.6 Å². The molecule has 0 radical (unpaired) electrons. The number of amidine groups is 1.